The Morgan fingerprint density at radius 3 is 2.40 bits per heavy atom. The monoisotopic (exact) mass is 279 g/mol. The van der Waals surface area contributed by atoms with Gasteiger partial charge in [-0.2, -0.15) is 0 Å². The van der Waals surface area contributed by atoms with E-state index in [2.05, 4.69) is 24.1 Å². The second-order valence-electron chi connectivity index (χ2n) is 7.66. The van der Waals surface area contributed by atoms with Gasteiger partial charge in [-0.25, -0.2) is 0 Å². The maximum Gasteiger partial charge on any atom is 0.237 e. The van der Waals surface area contributed by atoms with Crippen molar-refractivity contribution >= 4 is 5.91 Å². The van der Waals surface area contributed by atoms with E-state index in [1.165, 1.54) is 32.4 Å². The summed E-state index contributed by atoms with van der Waals surface area (Å²) in [5.74, 6) is 1.42. The molecule has 3 aliphatic rings. The van der Waals surface area contributed by atoms with Gasteiger partial charge in [0.25, 0.3) is 0 Å². The van der Waals surface area contributed by atoms with Gasteiger partial charge in [0, 0.05) is 25.2 Å². The summed E-state index contributed by atoms with van der Waals surface area (Å²) in [6, 6.07) is 1.08. The summed E-state index contributed by atoms with van der Waals surface area (Å²) in [4.78, 5) is 14.6. The lowest BCUT2D eigenvalue weighted by Gasteiger charge is -2.39. The third kappa shape index (κ3) is 2.86. The van der Waals surface area contributed by atoms with Crippen LogP contribution in [0.3, 0.4) is 0 Å². The summed E-state index contributed by atoms with van der Waals surface area (Å²) in [7, 11) is 0. The van der Waals surface area contributed by atoms with Crippen molar-refractivity contribution in [3.8, 4) is 0 Å². The average Bonchev–Trinajstić information content (AvgIpc) is 3.04. The molecule has 2 aliphatic carbocycles. The number of primary amides is 1. The molecular formula is C16H29N3O. The summed E-state index contributed by atoms with van der Waals surface area (Å²) >= 11 is 0. The molecule has 4 nitrogen and oxygen atoms in total. The molecule has 0 radical (unpaired) electrons. The Bertz CT molecular complexity index is 372. The minimum absolute atomic E-state index is 0.134. The number of carbonyl (C=O) groups excluding carboxylic acids is 1. The summed E-state index contributed by atoms with van der Waals surface area (Å²) < 4.78 is 0. The zero-order chi connectivity index (χ0) is 14.3. The molecule has 0 bridgehead atoms. The molecule has 1 aliphatic heterocycles. The molecule has 0 aromatic heterocycles. The second kappa shape index (κ2) is 5.30. The highest BCUT2D eigenvalue weighted by Crippen LogP contribution is 2.38. The van der Waals surface area contributed by atoms with Gasteiger partial charge in [0.05, 0.1) is 5.54 Å². The van der Waals surface area contributed by atoms with Crippen LogP contribution in [-0.2, 0) is 4.79 Å². The van der Waals surface area contributed by atoms with Crippen molar-refractivity contribution in [2.24, 2.45) is 17.6 Å². The van der Waals surface area contributed by atoms with E-state index in [4.69, 9.17) is 5.73 Å². The van der Waals surface area contributed by atoms with Crippen LogP contribution in [0.5, 0.6) is 0 Å². The first kappa shape index (κ1) is 14.3. The molecule has 3 fully saturated rings. The zero-order valence-electron chi connectivity index (χ0n) is 12.9. The zero-order valence-corrected chi connectivity index (χ0v) is 12.9. The van der Waals surface area contributed by atoms with Crippen molar-refractivity contribution in [2.75, 3.05) is 13.1 Å². The Morgan fingerprint density at radius 2 is 1.85 bits per heavy atom. The molecule has 1 saturated heterocycles. The molecule has 0 aromatic carbocycles. The Labute approximate surface area is 122 Å². The third-order valence-corrected chi connectivity index (χ3v) is 5.43. The molecule has 4 unspecified atom stereocenters. The molecule has 114 valence electrons. The normalized spacial score (nSPS) is 42.8. The van der Waals surface area contributed by atoms with Gasteiger partial charge in [0.15, 0.2) is 0 Å². The van der Waals surface area contributed by atoms with Gasteiger partial charge in [-0.15, -0.1) is 0 Å². The van der Waals surface area contributed by atoms with Crippen molar-refractivity contribution in [1.29, 1.82) is 0 Å². The van der Waals surface area contributed by atoms with Crippen LogP contribution >= 0.6 is 0 Å². The molecule has 2 saturated carbocycles. The highest BCUT2D eigenvalue weighted by molar-refractivity contribution is 5.85. The molecule has 20 heavy (non-hydrogen) atoms. The molecule has 1 heterocycles. The fraction of sp³-hybridized carbons (Fsp3) is 0.938. The van der Waals surface area contributed by atoms with Crippen LogP contribution in [0.15, 0.2) is 0 Å². The number of rotatable bonds is 4. The topological polar surface area (TPSA) is 58.4 Å². The number of nitrogens with zero attached hydrogens (tertiary/aromatic N) is 1. The van der Waals surface area contributed by atoms with E-state index in [1.54, 1.807) is 0 Å². The lowest BCUT2D eigenvalue weighted by atomic mass is 9.90. The minimum atomic E-state index is -0.421. The molecule has 1 amide bonds. The van der Waals surface area contributed by atoms with Crippen molar-refractivity contribution in [3.63, 3.8) is 0 Å². The van der Waals surface area contributed by atoms with Crippen LogP contribution in [-0.4, -0.2) is 41.5 Å². The van der Waals surface area contributed by atoms with Crippen molar-refractivity contribution < 1.29 is 4.79 Å². The van der Waals surface area contributed by atoms with Gasteiger partial charge in [0.2, 0.25) is 5.91 Å². The summed E-state index contributed by atoms with van der Waals surface area (Å²) in [6.07, 6.45) is 6.70. The summed E-state index contributed by atoms with van der Waals surface area (Å²) in [5, 5.41) is 3.56. The van der Waals surface area contributed by atoms with Gasteiger partial charge in [-0.3, -0.25) is 9.69 Å². The first-order valence-electron chi connectivity index (χ1n) is 8.30. The lowest BCUT2D eigenvalue weighted by Crippen LogP contribution is -2.56. The van der Waals surface area contributed by atoms with E-state index in [-0.39, 0.29) is 5.91 Å². The van der Waals surface area contributed by atoms with Crippen LogP contribution in [0.25, 0.3) is 0 Å². The van der Waals surface area contributed by atoms with Crippen LogP contribution in [0.4, 0.5) is 0 Å². The van der Waals surface area contributed by atoms with Gasteiger partial charge in [-0.05, 0) is 50.4 Å². The second-order valence-corrected chi connectivity index (χ2v) is 7.66. The average molecular weight is 279 g/mol. The van der Waals surface area contributed by atoms with E-state index < -0.39 is 5.54 Å². The van der Waals surface area contributed by atoms with Crippen LogP contribution in [0.2, 0.25) is 0 Å². The highest BCUT2D eigenvalue weighted by Gasteiger charge is 2.48. The lowest BCUT2D eigenvalue weighted by molar-refractivity contribution is -0.124. The predicted molar refractivity (Wildman–Crippen MR) is 80.2 cm³/mol. The fourth-order valence-electron chi connectivity index (χ4n) is 4.38. The van der Waals surface area contributed by atoms with Gasteiger partial charge in [-0.1, -0.05) is 13.8 Å². The van der Waals surface area contributed by atoms with Gasteiger partial charge in [0.1, 0.15) is 0 Å². The van der Waals surface area contributed by atoms with E-state index in [1.807, 2.05) is 0 Å². The Kier molecular flexibility index (Phi) is 3.80. The van der Waals surface area contributed by atoms with Gasteiger partial charge >= 0.3 is 0 Å². The SMILES string of the molecule is CC1CC(C)CN(C2CCC(NC3CC3)(C(N)=O)C2)C1. The van der Waals surface area contributed by atoms with E-state index >= 15 is 0 Å². The molecule has 3 rings (SSSR count). The van der Waals surface area contributed by atoms with Crippen LogP contribution in [0.1, 0.15) is 52.4 Å². The van der Waals surface area contributed by atoms with E-state index in [9.17, 15) is 4.79 Å². The Balaban J connectivity index is 1.66. The number of nitrogens with one attached hydrogen (secondary N) is 1. The largest absolute Gasteiger partial charge is 0.368 e. The number of likely N-dealkylation sites (tertiary alicyclic amines) is 1. The number of hydrogen-bond donors (Lipinski definition) is 2. The van der Waals surface area contributed by atoms with E-state index in [0.717, 1.165) is 31.1 Å². The Hall–Kier alpha value is -0.610. The molecule has 0 spiro atoms. The highest BCUT2D eigenvalue weighted by atomic mass is 16.1. The summed E-state index contributed by atoms with van der Waals surface area (Å²) in [6.45, 7) is 7.07. The predicted octanol–water partition coefficient (Wildman–Crippen LogP) is 1.49. The maximum absolute atomic E-state index is 12.0. The Morgan fingerprint density at radius 1 is 1.20 bits per heavy atom. The molecule has 3 N–H and O–H groups in total. The number of carbonyl (C=O) groups is 1. The number of piperidine rings is 1. The maximum atomic E-state index is 12.0. The van der Waals surface area contributed by atoms with Crippen molar-refractivity contribution in [2.45, 2.75) is 70.0 Å². The van der Waals surface area contributed by atoms with Crippen LogP contribution in [0, 0.1) is 11.8 Å². The first-order valence-corrected chi connectivity index (χ1v) is 8.30. The third-order valence-electron chi connectivity index (χ3n) is 5.43. The fourth-order valence-corrected chi connectivity index (χ4v) is 4.38. The summed E-state index contributed by atoms with van der Waals surface area (Å²) in [5.41, 5.74) is 5.31. The number of amides is 1. The number of nitrogens with two attached hydrogens (primary N) is 1. The standard InChI is InChI=1S/C16H29N3O/c1-11-7-12(2)10-19(9-11)14-5-6-16(8-14,15(17)20)18-13-3-4-13/h11-14,18H,3-10H2,1-2H3,(H2,17,20). The molecule has 0 aromatic rings. The number of hydrogen-bond acceptors (Lipinski definition) is 3. The minimum Gasteiger partial charge on any atom is -0.368 e. The molecular weight excluding hydrogens is 250 g/mol. The van der Waals surface area contributed by atoms with Crippen molar-refractivity contribution in [3.05, 3.63) is 0 Å². The quantitative estimate of drug-likeness (QED) is 0.820. The molecule has 4 heteroatoms. The smallest absolute Gasteiger partial charge is 0.237 e. The van der Waals surface area contributed by atoms with Crippen molar-refractivity contribution in [1.82, 2.24) is 10.2 Å². The van der Waals surface area contributed by atoms with Gasteiger partial charge < -0.3 is 11.1 Å². The molecule has 4 atom stereocenters. The van der Waals surface area contributed by atoms with E-state index in [0.29, 0.717) is 12.1 Å². The van der Waals surface area contributed by atoms with Crippen LogP contribution < -0.4 is 11.1 Å². The first-order chi connectivity index (χ1) is 9.48.